The first kappa shape index (κ1) is 14.2. The van der Waals surface area contributed by atoms with E-state index in [2.05, 4.69) is 22.5 Å². The monoisotopic (exact) mass is 317 g/mol. The van der Waals surface area contributed by atoms with Gasteiger partial charge in [0.25, 0.3) is 0 Å². The van der Waals surface area contributed by atoms with E-state index in [0.717, 1.165) is 16.0 Å². The smallest absolute Gasteiger partial charge is 0.347 e. The van der Waals surface area contributed by atoms with Gasteiger partial charge >= 0.3 is 5.97 Å². The topological polar surface area (TPSA) is 50.2 Å². The Hall–Kier alpha value is -1.72. The molecule has 21 heavy (non-hydrogen) atoms. The van der Waals surface area contributed by atoms with E-state index in [0.29, 0.717) is 10.6 Å². The van der Waals surface area contributed by atoms with Crippen LogP contribution in [0.4, 0.5) is 0 Å². The van der Waals surface area contributed by atoms with Crippen LogP contribution in [0.2, 0.25) is 0 Å². The molecule has 0 unspecified atom stereocenters. The van der Waals surface area contributed by atoms with Crippen LogP contribution in [-0.4, -0.2) is 16.1 Å². The summed E-state index contributed by atoms with van der Waals surface area (Å²) in [6.45, 7) is 5.97. The summed E-state index contributed by atoms with van der Waals surface area (Å²) in [6, 6.07) is 8.13. The maximum Gasteiger partial charge on any atom is 0.347 e. The molecule has 3 rings (SSSR count). The van der Waals surface area contributed by atoms with Gasteiger partial charge in [-0.3, -0.25) is 0 Å². The quantitative estimate of drug-likeness (QED) is 0.722. The minimum absolute atomic E-state index is 0.283. The van der Waals surface area contributed by atoms with Crippen molar-refractivity contribution < 1.29 is 9.90 Å². The van der Waals surface area contributed by atoms with Gasteiger partial charge < -0.3 is 5.11 Å². The molecule has 0 radical (unpaired) electrons. The molecule has 0 aliphatic carbocycles. The molecule has 0 saturated heterocycles. The first-order chi connectivity index (χ1) is 9.88. The number of hydrogen-bond acceptors (Lipinski definition) is 4. The summed E-state index contributed by atoms with van der Waals surface area (Å²) in [5.74, 6) is -0.900. The van der Waals surface area contributed by atoms with Crippen LogP contribution in [0.3, 0.4) is 0 Å². The molecule has 1 N–H and O–H groups in total. The van der Waals surface area contributed by atoms with E-state index in [9.17, 15) is 9.90 Å². The summed E-state index contributed by atoms with van der Waals surface area (Å²) < 4.78 is 1.19. The summed E-state index contributed by atoms with van der Waals surface area (Å²) in [7, 11) is 0. The number of aromatic carboxylic acids is 1. The highest BCUT2D eigenvalue weighted by Crippen LogP contribution is 2.39. The molecule has 2 heterocycles. The van der Waals surface area contributed by atoms with Crippen LogP contribution < -0.4 is 0 Å². The number of carbonyl (C=O) groups is 1. The lowest BCUT2D eigenvalue weighted by Gasteiger charge is -2.15. The van der Waals surface area contributed by atoms with Crippen molar-refractivity contribution in [2.24, 2.45) is 0 Å². The van der Waals surface area contributed by atoms with E-state index in [-0.39, 0.29) is 5.41 Å². The third-order valence-corrected chi connectivity index (χ3v) is 5.28. The normalized spacial score (nSPS) is 12.0. The zero-order valence-electron chi connectivity index (χ0n) is 12.0. The molecule has 108 valence electrons. The van der Waals surface area contributed by atoms with E-state index in [1.807, 2.05) is 32.9 Å². The predicted molar refractivity (Wildman–Crippen MR) is 88.6 cm³/mol. The fourth-order valence-electron chi connectivity index (χ4n) is 2.23. The van der Waals surface area contributed by atoms with Crippen LogP contribution in [0.15, 0.2) is 29.6 Å². The number of nitrogens with zero attached hydrogens (tertiary/aromatic N) is 1. The summed E-state index contributed by atoms with van der Waals surface area (Å²) in [6.07, 6.45) is 0. The molecular formula is C16H15NO2S2. The van der Waals surface area contributed by atoms with Crippen molar-refractivity contribution in [1.29, 1.82) is 0 Å². The Balaban J connectivity index is 2.22. The Morgan fingerprint density at radius 3 is 2.57 bits per heavy atom. The molecule has 1 aromatic carbocycles. The SMILES string of the molecule is CC(C)(C)c1nc(-c2csc3ccccc23)sc1C(=O)O. The van der Waals surface area contributed by atoms with Gasteiger partial charge in [-0.25, -0.2) is 9.78 Å². The fraction of sp³-hybridized carbons (Fsp3) is 0.250. The average molecular weight is 317 g/mol. The summed E-state index contributed by atoms with van der Waals surface area (Å²) >= 11 is 2.92. The van der Waals surface area contributed by atoms with E-state index in [1.165, 1.54) is 16.0 Å². The van der Waals surface area contributed by atoms with Crippen molar-refractivity contribution in [2.75, 3.05) is 0 Å². The number of thiophene rings is 1. The number of hydrogen-bond donors (Lipinski definition) is 1. The lowest BCUT2D eigenvalue weighted by molar-refractivity contribution is 0.0699. The molecule has 0 saturated carbocycles. The third kappa shape index (κ3) is 2.47. The number of benzene rings is 1. The van der Waals surface area contributed by atoms with Gasteiger partial charge in [-0.05, 0) is 6.07 Å². The number of aromatic nitrogens is 1. The lowest BCUT2D eigenvalue weighted by atomic mass is 9.91. The molecular weight excluding hydrogens is 302 g/mol. The Morgan fingerprint density at radius 2 is 1.95 bits per heavy atom. The molecule has 3 aromatic rings. The fourth-order valence-corrected chi connectivity index (χ4v) is 4.40. The summed E-state index contributed by atoms with van der Waals surface area (Å²) in [4.78, 5) is 16.5. The molecule has 3 nitrogen and oxygen atoms in total. The van der Waals surface area contributed by atoms with Gasteiger partial charge in [0.1, 0.15) is 9.88 Å². The number of fused-ring (bicyclic) bond motifs is 1. The van der Waals surface area contributed by atoms with Crippen molar-refractivity contribution in [3.8, 4) is 10.6 Å². The molecule has 5 heteroatoms. The van der Waals surface area contributed by atoms with Crippen LogP contribution in [0.25, 0.3) is 20.7 Å². The predicted octanol–water partition coefficient (Wildman–Crippen LogP) is 5.02. The van der Waals surface area contributed by atoms with Crippen molar-refractivity contribution in [1.82, 2.24) is 4.98 Å². The summed E-state index contributed by atoms with van der Waals surface area (Å²) in [5, 5.41) is 13.4. The van der Waals surface area contributed by atoms with E-state index in [1.54, 1.807) is 11.3 Å². The lowest BCUT2D eigenvalue weighted by Crippen LogP contribution is -2.16. The first-order valence-corrected chi connectivity index (χ1v) is 8.29. The van der Waals surface area contributed by atoms with E-state index >= 15 is 0 Å². The van der Waals surface area contributed by atoms with Gasteiger partial charge in [0, 0.05) is 26.4 Å². The molecule has 0 bridgehead atoms. The Labute approximate surface area is 130 Å². The standard InChI is InChI=1S/C16H15NO2S2/c1-16(2,3)13-12(15(18)19)21-14(17-13)10-8-20-11-7-5-4-6-9(10)11/h4-8H,1-3H3,(H,18,19). The molecule has 2 aromatic heterocycles. The minimum atomic E-state index is -0.900. The summed E-state index contributed by atoms with van der Waals surface area (Å²) in [5.41, 5.74) is 1.40. The zero-order chi connectivity index (χ0) is 15.2. The highest BCUT2D eigenvalue weighted by molar-refractivity contribution is 7.20. The second-order valence-corrected chi connectivity index (χ2v) is 7.81. The number of carboxylic acids is 1. The van der Waals surface area contributed by atoms with Gasteiger partial charge in [0.05, 0.1) is 5.69 Å². The van der Waals surface area contributed by atoms with Crippen molar-refractivity contribution in [2.45, 2.75) is 26.2 Å². The Bertz CT molecular complexity index is 824. The Kier molecular flexibility index (Phi) is 3.34. The highest BCUT2D eigenvalue weighted by atomic mass is 32.1. The second kappa shape index (κ2) is 4.93. The maximum atomic E-state index is 11.5. The Morgan fingerprint density at radius 1 is 1.24 bits per heavy atom. The van der Waals surface area contributed by atoms with Gasteiger partial charge in [-0.1, -0.05) is 39.0 Å². The zero-order valence-corrected chi connectivity index (χ0v) is 13.6. The molecule has 0 spiro atoms. The van der Waals surface area contributed by atoms with Gasteiger partial charge in [-0.15, -0.1) is 22.7 Å². The van der Waals surface area contributed by atoms with Crippen LogP contribution in [-0.2, 0) is 5.41 Å². The number of rotatable bonds is 2. The van der Waals surface area contributed by atoms with Crippen molar-refractivity contribution >= 4 is 38.7 Å². The molecule has 0 amide bonds. The average Bonchev–Trinajstić information content (AvgIpc) is 3.01. The molecule has 0 fully saturated rings. The van der Waals surface area contributed by atoms with Crippen LogP contribution >= 0.6 is 22.7 Å². The first-order valence-electron chi connectivity index (χ1n) is 6.59. The molecule has 0 aliphatic heterocycles. The van der Waals surface area contributed by atoms with E-state index < -0.39 is 5.97 Å². The number of carboxylic acid groups (broad SMARTS) is 1. The molecule has 0 atom stereocenters. The van der Waals surface area contributed by atoms with Crippen LogP contribution in [0, 0.1) is 0 Å². The van der Waals surface area contributed by atoms with Crippen molar-refractivity contribution in [3.63, 3.8) is 0 Å². The molecule has 0 aliphatic rings. The second-order valence-electron chi connectivity index (χ2n) is 5.90. The van der Waals surface area contributed by atoms with Gasteiger partial charge in [0.2, 0.25) is 0 Å². The van der Waals surface area contributed by atoms with Gasteiger partial charge in [0.15, 0.2) is 0 Å². The van der Waals surface area contributed by atoms with Crippen molar-refractivity contribution in [3.05, 3.63) is 40.2 Å². The third-order valence-electron chi connectivity index (χ3n) is 3.24. The highest BCUT2D eigenvalue weighted by Gasteiger charge is 2.27. The van der Waals surface area contributed by atoms with Crippen LogP contribution in [0.5, 0.6) is 0 Å². The number of thiazole rings is 1. The minimum Gasteiger partial charge on any atom is -0.477 e. The van der Waals surface area contributed by atoms with Gasteiger partial charge in [-0.2, -0.15) is 0 Å². The maximum absolute atomic E-state index is 11.5. The largest absolute Gasteiger partial charge is 0.477 e. The van der Waals surface area contributed by atoms with Crippen LogP contribution in [0.1, 0.15) is 36.1 Å². The van der Waals surface area contributed by atoms with E-state index in [4.69, 9.17) is 0 Å².